The summed E-state index contributed by atoms with van der Waals surface area (Å²) in [6.07, 6.45) is 11.7. The number of anilines is 1. The molecule has 0 aliphatic carbocycles. The van der Waals surface area contributed by atoms with Gasteiger partial charge in [0.25, 0.3) is 0 Å². The van der Waals surface area contributed by atoms with E-state index in [9.17, 15) is 9.50 Å². The lowest BCUT2D eigenvalue weighted by molar-refractivity contribution is 0.208. The second-order valence-electron chi connectivity index (χ2n) is 5.28. The summed E-state index contributed by atoms with van der Waals surface area (Å²) in [6, 6.07) is 0. The molecule has 5 nitrogen and oxygen atoms in total. The SMILES string of the molecule is C/C=C\C(=C/C)c1nc(NCCC(O)C(/C=C\C(F)=C/C)=C/C)n[nH]1. The van der Waals surface area contributed by atoms with Gasteiger partial charge in [0.1, 0.15) is 5.83 Å². The molecule has 1 heterocycles. The fourth-order valence-corrected chi connectivity index (χ4v) is 2.12. The molecule has 0 aliphatic heterocycles. The first-order valence-corrected chi connectivity index (χ1v) is 8.35. The number of aromatic nitrogens is 3. The van der Waals surface area contributed by atoms with Gasteiger partial charge in [-0.15, -0.1) is 5.10 Å². The van der Waals surface area contributed by atoms with Crippen LogP contribution >= 0.6 is 0 Å². The zero-order valence-corrected chi connectivity index (χ0v) is 15.3. The molecule has 1 rings (SSSR count). The van der Waals surface area contributed by atoms with Crippen molar-refractivity contribution in [2.45, 2.75) is 40.2 Å². The summed E-state index contributed by atoms with van der Waals surface area (Å²) in [6.45, 7) is 7.80. The number of allylic oxidation sites excluding steroid dienone is 8. The summed E-state index contributed by atoms with van der Waals surface area (Å²) < 4.78 is 13.1. The molecule has 1 unspecified atom stereocenters. The van der Waals surface area contributed by atoms with E-state index in [0.29, 0.717) is 30.3 Å². The van der Waals surface area contributed by atoms with E-state index < -0.39 is 6.10 Å². The van der Waals surface area contributed by atoms with Gasteiger partial charge in [0.15, 0.2) is 5.82 Å². The lowest BCUT2D eigenvalue weighted by atomic mass is 10.1. The summed E-state index contributed by atoms with van der Waals surface area (Å²) in [5.41, 5.74) is 1.62. The number of H-pyrrole nitrogens is 1. The molecular formula is C19H27FN4O. The molecule has 0 spiro atoms. The van der Waals surface area contributed by atoms with E-state index in [0.717, 1.165) is 5.57 Å². The Bertz CT molecular complexity index is 683. The molecular weight excluding hydrogens is 319 g/mol. The van der Waals surface area contributed by atoms with Crippen LogP contribution in [0.1, 0.15) is 39.9 Å². The summed E-state index contributed by atoms with van der Waals surface area (Å²) >= 11 is 0. The molecule has 0 aliphatic rings. The number of aliphatic hydroxyl groups excluding tert-OH is 1. The Hall–Kier alpha value is -2.47. The molecule has 0 saturated heterocycles. The van der Waals surface area contributed by atoms with Crippen LogP contribution in [0.25, 0.3) is 5.57 Å². The Labute approximate surface area is 148 Å². The minimum Gasteiger partial charge on any atom is -0.388 e. The van der Waals surface area contributed by atoms with E-state index in [1.54, 1.807) is 19.1 Å². The van der Waals surface area contributed by atoms with Crippen molar-refractivity contribution in [3.63, 3.8) is 0 Å². The molecule has 0 amide bonds. The minimum absolute atomic E-state index is 0.334. The monoisotopic (exact) mass is 346 g/mol. The van der Waals surface area contributed by atoms with Gasteiger partial charge in [0.05, 0.1) is 6.10 Å². The maximum Gasteiger partial charge on any atom is 0.242 e. The molecule has 0 bridgehead atoms. The van der Waals surface area contributed by atoms with Crippen molar-refractivity contribution in [2.75, 3.05) is 11.9 Å². The first kappa shape index (κ1) is 20.6. The maximum atomic E-state index is 13.1. The highest BCUT2D eigenvalue weighted by Crippen LogP contribution is 2.14. The van der Waals surface area contributed by atoms with E-state index in [2.05, 4.69) is 20.5 Å². The molecule has 0 aromatic carbocycles. The zero-order chi connectivity index (χ0) is 18.7. The molecule has 0 saturated carbocycles. The largest absolute Gasteiger partial charge is 0.388 e. The van der Waals surface area contributed by atoms with Crippen molar-refractivity contribution in [3.8, 4) is 0 Å². The molecule has 3 N–H and O–H groups in total. The van der Waals surface area contributed by atoms with Crippen LogP contribution in [0.5, 0.6) is 0 Å². The van der Waals surface area contributed by atoms with E-state index in [1.807, 2.05) is 39.0 Å². The third-order valence-corrected chi connectivity index (χ3v) is 3.55. The Morgan fingerprint density at radius 2 is 1.92 bits per heavy atom. The lowest BCUT2D eigenvalue weighted by Crippen LogP contribution is -2.15. The van der Waals surface area contributed by atoms with Crippen molar-refractivity contribution in [3.05, 3.63) is 59.8 Å². The molecule has 0 fully saturated rings. The van der Waals surface area contributed by atoms with Crippen molar-refractivity contribution < 1.29 is 9.50 Å². The fourth-order valence-electron chi connectivity index (χ4n) is 2.12. The first-order valence-electron chi connectivity index (χ1n) is 8.35. The highest BCUT2D eigenvalue weighted by Gasteiger charge is 2.09. The van der Waals surface area contributed by atoms with Gasteiger partial charge in [-0.25, -0.2) is 4.39 Å². The van der Waals surface area contributed by atoms with Crippen molar-refractivity contribution in [1.82, 2.24) is 15.2 Å². The van der Waals surface area contributed by atoms with Gasteiger partial charge in [-0.2, -0.15) is 4.98 Å². The van der Waals surface area contributed by atoms with E-state index >= 15 is 0 Å². The highest BCUT2D eigenvalue weighted by molar-refractivity contribution is 5.69. The van der Waals surface area contributed by atoms with Gasteiger partial charge in [-0.05, 0) is 45.8 Å². The number of nitrogens with one attached hydrogen (secondary N) is 2. The van der Waals surface area contributed by atoms with Crippen LogP contribution in [0.15, 0.2) is 53.9 Å². The van der Waals surface area contributed by atoms with Gasteiger partial charge in [0.2, 0.25) is 5.95 Å². The van der Waals surface area contributed by atoms with Crippen LogP contribution in [-0.4, -0.2) is 32.9 Å². The third kappa shape index (κ3) is 6.89. The van der Waals surface area contributed by atoms with E-state index in [4.69, 9.17) is 0 Å². The van der Waals surface area contributed by atoms with Gasteiger partial charge < -0.3 is 10.4 Å². The number of hydrogen-bond acceptors (Lipinski definition) is 4. The van der Waals surface area contributed by atoms with Gasteiger partial charge in [-0.1, -0.05) is 36.5 Å². The normalized spacial score (nSPS) is 15.4. The smallest absolute Gasteiger partial charge is 0.242 e. The van der Waals surface area contributed by atoms with Crippen molar-refractivity contribution in [1.29, 1.82) is 0 Å². The van der Waals surface area contributed by atoms with E-state index in [-0.39, 0.29) is 5.83 Å². The number of aliphatic hydroxyl groups is 1. The Balaban J connectivity index is 2.57. The highest BCUT2D eigenvalue weighted by atomic mass is 19.1. The van der Waals surface area contributed by atoms with Crippen LogP contribution < -0.4 is 5.32 Å². The van der Waals surface area contributed by atoms with Crippen LogP contribution in [0, 0.1) is 0 Å². The minimum atomic E-state index is -0.689. The Kier molecular flexibility index (Phi) is 9.17. The second kappa shape index (κ2) is 11.1. The summed E-state index contributed by atoms with van der Waals surface area (Å²) in [7, 11) is 0. The zero-order valence-electron chi connectivity index (χ0n) is 15.3. The lowest BCUT2D eigenvalue weighted by Gasteiger charge is -2.11. The molecule has 0 radical (unpaired) electrons. The van der Waals surface area contributed by atoms with Gasteiger partial charge in [-0.3, -0.25) is 5.10 Å². The predicted octanol–water partition coefficient (Wildman–Crippen LogP) is 4.32. The molecule has 1 aromatic rings. The number of aromatic amines is 1. The quantitative estimate of drug-likeness (QED) is 0.582. The molecule has 25 heavy (non-hydrogen) atoms. The summed E-state index contributed by atoms with van der Waals surface area (Å²) in [5.74, 6) is 0.824. The summed E-state index contributed by atoms with van der Waals surface area (Å²) in [4.78, 5) is 4.37. The van der Waals surface area contributed by atoms with Crippen LogP contribution in [0.4, 0.5) is 10.3 Å². The molecule has 1 aromatic heterocycles. The van der Waals surface area contributed by atoms with Crippen LogP contribution in [-0.2, 0) is 0 Å². The standard InChI is InChI=1S/C19H27FN4O/c1-5-9-15(7-3)18-22-19(24-23-18)21-13-12-17(25)14(6-2)10-11-16(20)8-4/h5-11,17,25H,12-13H2,1-4H3,(H2,21,22,23,24)/b9-5-,11-10-,14-6+,15-7+,16-8+. The average molecular weight is 346 g/mol. The number of rotatable bonds is 9. The number of nitrogens with zero attached hydrogens (tertiary/aromatic N) is 2. The van der Waals surface area contributed by atoms with Crippen molar-refractivity contribution in [2.24, 2.45) is 0 Å². The predicted molar refractivity (Wildman–Crippen MR) is 102 cm³/mol. The van der Waals surface area contributed by atoms with Crippen LogP contribution in [0.3, 0.4) is 0 Å². The number of halogens is 1. The molecule has 6 heteroatoms. The van der Waals surface area contributed by atoms with E-state index in [1.165, 1.54) is 12.2 Å². The average Bonchev–Trinajstić information content (AvgIpc) is 3.08. The topological polar surface area (TPSA) is 73.8 Å². The van der Waals surface area contributed by atoms with Crippen molar-refractivity contribution >= 4 is 11.5 Å². The Morgan fingerprint density at radius 3 is 2.52 bits per heavy atom. The maximum absolute atomic E-state index is 13.1. The van der Waals surface area contributed by atoms with Gasteiger partial charge in [0, 0.05) is 12.1 Å². The summed E-state index contributed by atoms with van der Waals surface area (Å²) in [5, 5.41) is 20.3. The van der Waals surface area contributed by atoms with Gasteiger partial charge >= 0.3 is 0 Å². The third-order valence-electron chi connectivity index (χ3n) is 3.55. The van der Waals surface area contributed by atoms with Crippen LogP contribution in [0.2, 0.25) is 0 Å². The first-order chi connectivity index (χ1) is 12.0. The number of hydrogen-bond donors (Lipinski definition) is 3. The molecule has 136 valence electrons. The molecule has 1 atom stereocenters. The fraction of sp³-hybridized carbons (Fsp3) is 0.368. The Morgan fingerprint density at radius 1 is 1.16 bits per heavy atom. The second-order valence-corrected chi connectivity index (χ2v) is 5.28.